The SMILES string of the molecule is CC.CCc1sc(C)c(C2CCOC2)c1P(c1ccccc1)c1ccccc1. The predicted octanol–water partition coefficient (Wildman–Crippen LogP) is 5.91. The Morgan fingerprint density at radius 3 is 2.00 bits per heavy atom. The molecule has 3 heteroatoms. The first-order chi connectivity index (χ1) is 13.8. The lowest BCUT2D eigenvalue weighted by Crippen LogP contribution is -2.25. The first-order valence-electron chi connectivity index (χ1n) is 10.4. The lowest BCUT2D eigenvalue weighted by Gasteiger charge is -2.23. The van der Waals surface area contributed by atoms with Crippen LogP contribution in [0, 0.1) is 6.92 Å². The Kier molecular flexibility index (Phi) is 7.85. The van der Waals surface area contributed by atoms with Gasteiger partial charge in [-0.2, -0.15) is 0 Å². The molecule has 0 saturated carbocycles. The molecule has 1 aliphatic heterocycles. The van der Waals surface area contributed by atoms with Gasteiger partial charge in [-0.05, 0) is 43.9 Å². The molecular formula is C25H31OPS. The highest BCUT2D eigenvalue weighted by Crippen LogP contribution is 2.43. The van der Waals surface area contributed by atoms with Crippen LogP contribution in [-0.2, 0) is 11.2 Å². The number of thiophene rings is 1. The zero-order chi connectivity index (χ0) is 19.9. The van der Waals surface area contributed by atoms with Crippen LogP contribution in [-0.4, -0.2) is 13.2 Å². The molecule has 0 amide bonds. The van der Waals surface area contributed by atoms with E-state index in [4.69, 9.17) is 4.74 Å². The fourth-order valence-electron chi connectivity index (χ4n) is 3.89. The van der Waals surface area contributed by atoms with Gasteiger partial charge in [0.2, 0.25) is 0 Å². The van der Waals surface area contributed by atoms with Gasteiger partial charge in [-0.25, -0.2) is 0 Å². The van der Waals surface area contributed by atoms with Gasteiger partial charge in [-0.3, -0.25) is 0 Å². The Morgan fingerprint density at radius 1 is 0.964 bits per heavy atom. The van der Waals surface area contributed by atoms with E-state index < -0.39 is 7.92 Å². The summed E-state index contributed by atoms with van der Waals surface area (Å²) >= 11 is 2.01. The monoisotopic (exact) mass is 410 g/mol. The molecule has 148 valence electrons. The second kappa shape index (κ2) is 10.3. The number of ether oxygens (including phenoxy) is 1. The van der Waals surface area contributed by atoms with Crippen LogP contribution in [0.3, 0.4) is 0 Å². The van der Waals surface area contributed by atoms with E-state index >= 15 is 0 Å². The van der Waals surface area contributed by atoms with Crippen molar-refractivity contribution in [3.8, 4) is 0 Å². The summed E-state index contributed by atoms with van der Waals surface area (Å²) in [5, 5.41) is 4.50. The van der Waals surface area contributed by atoms with Gasteiger partial charge in [0, 0.05) is 27.6 Å². The van der Waals surface area contributed by atoms with Gasteiger partial charge in [0.25, 0.3) is 0 Å². The molecule has 0 aliphatic carbocycles. The van der Waals surface area contributed by atoms with E-state index in [1.165, 1.54) is 15.5 Å². The van der Waals surface area contributed by atoms with E-state index in [0.717, 1.165) is 26.1 Å². The van der Waals surface area contributed by atoms with Crippen molar-refractivity contribution >= 4 is 35.2 Å². The summed E-state index contributed by atoms with van der Waals surface area (Å²) in [4.78, 5) is 3.05. The average molecular weight is 411 g/mol. The van der Waals surface area contributed by atoms with Gasteiger partial charge in [0.15, 0.2) is 0 Å². The fourth-order valence-corrected chi connectivity index (χ4v) is 8.23. The Labute approximate surface area is 175 Å². The second-order valence-corrected chi connectivity index (χ2v) is 10.2. The average Bonchev–Trinajstić information content (AvgIpc) is 3.39. The summed E-state index contributed by atoms with van der Waals surface area (Å²) in [6.45, 7) is 10.4. The van der Waals surface area contributed by atoms with Crippen molar-refractivity contribution in [2.75, 3.05) is 13.2 Å². The standard InChI is InChI=1S/C23H25OPS.C2H6/c1-3-21-23(22(17(2)26-21)18-14-15-24-16-18)25(19-10-6-4-7-11-19)20-12-8-5-9-13-20;1-2/h4-13,18H,3,14-16H2,1-2H3;1-2H3. The minimum absolute atomic E-state index is 0.534. The molecule has 1 fully saturated rings. The van der Waals surface area contributed by atoms with Crippen LogP contribution >= 0.6 is 19.3 Å². The molecule has 4 rings (SSSR count). The molecule has 28 heavy (non-hydrogen) atoms. The first kappa shape index (κ1) is 21.2. The van der Waals surface area contributed by atoms with Crippen LogP contribution in [0.15, 0.2) is 60.7 Å². The molecule has 0 spiro atoms. The van der Waals surface area contributed by atoms with Crippen molar-refractivity contribution in [3.05, 3.63) is 76.0 Å². The molecular weight excluding hydrogens is 379 g/mol. The summed E-state index contributed by atoms with van der Waals surface area (Å²) in [5.74, 6) is 0.555. The summed E-state index contributed by atoms with van der Waals surface area (Å²) in [5.41, 5.74) is 1.59. The zero-order valence-corrected chi connectivity index (χ0v) is 19.2. The highest BCUT2D eigenvalue weighted by Gasteiger charge is 2.31. The molecule has 3 aromatic rings. The molecule has 0 radical (unpaired) electrons. The smallest absolute Gasteiger partial charge is 0.0536 e. The number of aryl methyl sites for hydroxylation is 2. The van der Waals surface area contributed by atoms with Crippen LogP contribution in [0.25, 0.3) is 0 Å². The third-order valence-corrected chi connectivity index (χ3v) is 9.09. The minimum Gasteiger partial charge on any atom is -0.381 e. The molecule has 1 aliphatic rings. The second-order valence-electron chi connectivity index (χ2n) is 6.76. The van der Waals surface area contributed by atoms with E-state index in [0.29, 0.717) is 5.92 Å². The maximum absolute atomic E-state index is 5.77. The normalized spacial score (nSPS) is 16.1. The Morgan fingerprint density at radius 2 is 1.54 bits per heavy atom. The summed E-state index contributed by atoms with van der Waals surface area (Å²) in [6, 6.07) is 22.2. The topological polar surface area (TPSA) is 9.23 Å². The Balaban J connectivity index is 0.00000109. The van der Waals surface area contributed by atoms with Gasteiger partial charge in [-0.1, -0.05) is 81.4 Å². The minimum atomic E-state index is -0.534. The van der Waals surface area contributed by atoms with Crippen molar-refractivity contribution in [3.63, 3.8) is 0 Å². The summed E-state index contributed by atoms with van der Waals surface area (Å²) in [7, 11) is -0.534. The Bertz CT molecular complexity index is 812. The van der Waals surface area contributed by atoms with Crippen LogP contribution in [0.5, 0.6) is 0 Å². The fraction of sp³-hybridized carbons (Fsp3) is 0.360. The van der Waals surface area contributed by atoms with Crippen molar-refractivity contribution in [2.45, 2.75) is 46.5 Å². The molecule has 1 aromatic heterocycles. The zero-order valence-electron chi connectivity index (χ0n) is 17.4. The molecule has 1 unspecified atom stereocenters. The van der Waals surface area contributed by atoms with Crippen LogP contribution < -0.4 is 15.9 Å². The highest BCUT2D eigenvalue weighted by molar-refractivity contribution is 7.80. The quantitative estimate of drug-likeness (QED) is 0.475. The number of hydrogen-bond donors (Lipinski definition) is 0. The van der Waals surface area contributed by atoms with Gasteiger partial charge in [-0.15, -0.1) is 11.3 Å². The third-order valence-electron chi connectivity index (χ3n) is 5.09. The molecule has 1 saturated heterocycles. The molecule has 2 heterocycles. The lowest BCUT2D eigenvalue weighted by atomic mass is 9.99. The van der Waals surface area contributed by atoms with E-state index in [2.05, 4.69) is 74.5 Å². The van der Waals surface area contributed by atoms with Crippen LogP contribution in [0.1, 0.15) is 48.4 Å². The molecule has 0 bridgehead atoms. The van der Waals surface area contributed by atoms with Gasteiger partial charge >= 0.3 is 0 Å². The van der Waals surface area contributed by atoms with Gasteiger partial charge in [0.05, 0.1) is 6.61 Å². The molecule has 1 atom stereocenters. The largest absolute Gasteiger partial charge is 0.381 e. The number of rotatable bonds is 5. The predicted molar refractivity (Wildman–Crippen MR) is 127 cm³/mol. The van der Waals surface area contributed by atoms with Crippen molar-refractivity contribution in [2.24, 2.45) is 0 Å². The number of benzene rings is 2. The van der Waals surface area contributed by atoms with E-state index in [9.17, 15) is 0 Å². The van der Waals surface area contributed by atoms with Crippen LogP contribution in [0.4, 0.5) is 0 Å². The van der Waals surface area contributed by atoms with Gasteiger partial charge in [0.1, 0.15) is 0 Å². The summed E-state index contributed by atoms with van der Waals surface area (Å²) in [6.07, 6.45) is 2.26. The van der Waals surface area contributed by atoms with Crippen molar-refractivity contribution in [1.82, 2.24) is 0 Å². The summed E-state index contributed by atoms with van der Waals surface area (Å²) < 4.78 is 5.77. The van der Waals surface area contributed by atoms with Crippen molar-refractivity contribution < 1.29 is 4.74 Å². The third kappa shape index (κ3) is 4.40. The van der Waals surface area contributed by atoms with Crippen LogP contribution in [0.2, 0.25) is 0 Å². The van der Waals surface area contributed by atoms with Gasteiger partial charge < -0.3 is 4.74 Å². The van der Waals surface area contributed by atoms with E-state index in [-0.39, 0.29) is 0 Å². The van der Waals surface area contributed by atoms with E-state index in [1.807, 2.05) is 25.2 Å². The maximum atomic E-state index is 5.77. The highest BCUT2D eigenvalue weighted by atomic mass is 32.1. The lowest BCUT2D eigenvalue weighted by molar-refractivity contribution is 0.194. The Hall–Kier alpha value is -1.47. The first-order valence-corrected chi connectivity index (χ1v) is 12.6. The molecule has 0 N–H and O–H groups in total. The molecule has 2 aromatic carbocycles. The van der Waals surface area contributed by atoms with E-state index in [1.54, 1.807) is 15.7 Å². The molecule has 1 nitrogen and oxygen atoms in total. The maximum Gasteiger partial charge on any atom is 0.0536 e. The van der Waals surface area contributed by atoms with Crippen molar-refractivity contribution in [1.29, 1.82) is 0 Å². The number of hydrogen-bond acceptors (Lipinski definition) is 2.